The number of carboxylic acid groups (broad SMARTS) is 1. The van der Waals surface area contributed by atoms with Gasteiger partial charge in [0.15, 0.2) is 0 Å². The van der Waals surface area contributed by atoms with Gasteiger partial charge < -0.3 is 10.4 Å². The number of rotatable bonds is 6. The SMILES string of the molecule is C=CCn1nnnc1NCc1ccc(C(=O)O)cc1. The molecule has 7 nitrogen and oxygen atoms in total. The van der Waals surface area contributed by atoms with Gasteiger partial charge in [-0.1, -0.05) is 23.3 Å². The first-order chi connectivity index (χ1) is 9.20. The van der Waals surface area contributed by atoms with Crippen molar-refractivity contribution in [3.63, 3.8) is 0 Å². The van der Waals surface area contributed by atoms with E-state index in [9.17, 15) is 4.79 Å². The third kappa shape index (κ3) is 3.15. The van der Waals surface area contributed by atoms with Gasteiger partial charge in [0.2, 0.25) is 5.95 Å². The second-order valence-corrected chi connectivity index (χ2v) is 3.83. The molecule has 2 aromatic rings. The summed E-state index contributed by atoms with van der Waals surface area (Å²) < 4.78 is 1.58. The Morgan fingerprint density at radius 3 is 2.79 bits per heavy atom. The molecule has 0 saturated carbocycles. The molecule has 2 N–H and O–H groups in total. The van der Waals surface area contributed by atoms with Crippen molar-refractivity contribution in [2.45, 2.75) is 13.1 Å². The van der Waals surface area contributed by atoms with E-state index in [0.717, 1.165) is 5.56 Å². The molecule has 0 fully saturated rings. The highest BCUT2D eigenvalue weighted by molar-refractivity contribution is 5.87. The summed E-state index contributed by atoms with van der Waals surface area (Å²) in [6, 6.07) is 6.62. The van der Waals surface area contributed by atoms with Crippen LogP contribution in [0.5, 0.6) is 0 Å². The predicted octanol–water partition coefficient (Wildman–Crippen LogP) is 1.17. The molecule has 98 valence electrons. The molecule has 0 atom stereocenters. The Morgan fingerprint density at radius 2 is 2.16 bits per heavy atom. The Morgan fingerprint density at radius 1 is 1.42 bits per heavy atom. The van der Waals surface area contributed by atoms with E-state index in [0.29, 0.717) is 19.0 Å². The van der Waals surface area contributed by atoms with Crippen LogP contribution >= 0.6 is 0 Å². The Hall–Kier alpha value is -2.70. The molecule has 0 spiro atoms. The lowest BCUT2D eigenvalue weighted by atomic mass is 10.1. The molecular formula is C12H13N5O2. The van der Waals surface area contributed by atoms with Crippen LogP contribution in [-0.2, 0) is 13.1 Å². The molecule has 0 amide bonds. The maximum atomic E-state index is 10.7. The van der Waals surface area contributed by atoms with Gasteiger partial charge >= 0.3 is 5.97 Å². The van der Waals surface area contributed by atoms with Crippen molar-refractivity contribution in [3.05, 3.63) is 48.0 Å². The number of hydrogen-bond donors (Lipinski definition) is 2. The van der Waals surface area contributed by atoms with Crippen molar-refractivity contribution in [2.75, 3.05) is 5.32 Å². The number of carboxylic acids is 1. The maximum Gasteiger partial charge on any atom is 0.335 e. The summed E-state index contributed by atoms with van der Waals surface area (Å²) in [7, 11) is 0. The molecule has 0 bridgehead atoms. The lowest BCUT2D eigenvalue weighted by Crippen LogP contribution is -2.08. The lowest BCUT2D eigenvalue weighted by Gasteiger charge is -2.05. The fourth-order valence-electron chi connectivity index (χ4n) is 1.52. The second kappa shape index (κ2) is 5.76. The van der Waals surface area contributed by atoms with Gasteiger partial charge in [-0.3, -0.25) is 0 Å². The summed E-state index contributed by atoms with van der Waals surface area (Å²) in [5.41, 5.74) is 1.21. The van der Waals surface area contributed by atoms with Crippen LogP contribution < -0.4 is 5.32 Å². The number of benzene rings is 1. The molecule has 0 aliphatic carbocycles. The third-order valence-corrected chi connectivity index (χ3v) is 2.49. The summed E-state index contributed by atoms with van der Waals surface area (Å²) in [5, 5.41) is 23.1. The number of carbonyl (C=O) groups is 1. The first kappa shape index (κ1) is 12.7. The summed E-state index contributed by atoms with van der Waals surface area (Å²) >= 11 is 0. The van der Waals surface area contributed by atoms with E-state index in [-0.39, 0.29) is 5.56 Å². The molecule has 1 aromatic heterocycles. The Labute approximate surface area is 109 Å². The Bertz CT molecular complexity index is 576. The second-order valence-electron chi connectivity index (χ2n) is 3.83. The van der Waals surface area contributed by atoms with E-state index in [4.69, 9.17) is 5.11 Å². The van der Waals surface area contributed by atoms with Crippen molar-refractivity contribution >= 4 is 11.9 Å². The van der Waals surface area contributed by atoms with Gasteiger partial charge in [0.25, 0.3) is 0 Å². The standard InChI is InChI=1S/C12H13N5O2/c1-2-7-17-12(14-15-16-17)13-8-9-3-5-10(6-4-9)11(18)19/h2-6H,1,7-8H2,(H,18,19)(H,13,14,16). The topological polar surface area (TPSA) is 92.9 Å². The van der Waals surface area contributed by atoms with Gasteiger partial charge in [0.05, 0.1) is 12.1 Å². The fraction of sp³-hybridized carbons (Fsp3) is 0.167. The number of nitrogens with one attached hydrogen (secondary N) is 1. The Kier molecular flexibility index (Phi) is 3.87. The number of allylic oxidation sites excluding steroid dienone is 1. The number of anilines is 1. The minimum absolute atomic E-state index is 0.264. The van der Waals surface area contributed by atoms with Gasteiger partial charge in [-0.15, -0.1) is 6.58 Å². The first-order valence-corrected chi connectivity index (χ1v) is 5.64. The molecule has 2 rings (SSSR count). The molecule has 19 heavy (non-hydrogen) atoms. The van der Waals surface area contributed by atoms with Gasteiger partial charge in [-0.2, -0.15) is 0 Å². The summed E-state index contributed by atoms with van der Waals surface area (Å²) in [5.74, 6) is -0.392. The zero-order valence-corrected chi connectivity index (χ0v) is 10.2. The van der Waals surface area contributed by atoms with E-state index in [1.54, 1.807) is 35.0 Å². The first-order valence-electron chi connectivity index (χ1n) is 5.64. The average molecular weight is 259 g/mol. The largest absolute Gasteiger partial charge is 0.478 e. The minimum Gasteiger partial charge on any atom is -0.478 e. The van der Waals surface area contributed by atoms with Crippen molar-refractivity contribution < 1.29 is 9.90 Å². The van der Waals surface area contributed by atoms with Gasteiger partial charge in [0.1, 0.15) is 0 Å². The lowest BCUT2D eigenvalue weighted by molar-refractivity contribution is 0.0697. The number of nitrogens with zero attached hydrogens (tertiary/aromatic N) is 4. The van der Waals surface area contributed by atoms with Crippen LogP contribution in [0, 0.1) is 0 Å². The van der Waals surface area contributed by atoms with Gasteiger partial charge in [-0.05, 0) is 28.1 Å². The molecule has 0 unspecified atom stereocenters. The average Bonchev–Trinajstić information content (AvgIpc) is 2.85. The van der Waals surface area contributed by atoms with Crippen LogP contribution in [-0.4, -0.2) is 31.3 Å². The molecule has 0 aliphatic rings. The highest BCUT2D eigenvalue weighted by atomic mass is 16.4. The zero-order chi connectivity index (χ0) is 13.7. The van der Waals surface area contributed by atoms with Crippen LogP contribution in [0.1, 0.15) is 15.9 Å². The van der Waals surface area contributed by atoms with Crippen molar-refractivity contribution in [3.8, 4) is 0 Å². The maximum absolute atomic E-state index is 10.7. The number of tetrazole rings is 1. The monoisotopic (exact) mass is 259 g/mol. The van der Waals surface area contributed by atoms with E-state index in [2.05, 4.69) is 27.4 Å². The molecule has 1 heterocycles. The van der Waals surface area contributed by atoms with E-state index in [1.807, 2.05) is 0 Å². The summed E-state index contributed by atoms with van der Waals surface area (Å²) in [6.07, 6.45) is 1.70. The van der Waals surface area contributed by atoms with E-state index < -0.39 is 5.97 Å². The smallest absolute Gasteiger partial charge is 0.335 e. The van der Waals surface area contributed by atoms with Crippen LogP contribution in [0.2, 0.25) is 0 Å². The van der Waals surface area contributed by atoms with Crippen molar-refractivity contribution in [1.82, 2.24) is 20.2 Å². The zero-order valence-electron chi connectivity index (χ0n) is 10.2. The highest BCUT2D eigenvalue weighted by Gasteiger charge is 2.05. The van der Waals surface area contributed by atoms with Crippen LogP contribution in [0.4, 0.5) is 5.95 Å². The summed E-state index contributed by atoms with van der Waals surface area (Å²) in [4.78, 5) is 10.7. The van der Waals surface area contributed by atoms with Gasteiger partial charge in [-0.25, -0.2) is 9.48 Å². The van der Waals surface area contributed by atoms with Crippen LogP contribution in [0.3, 0.4) is 0 Å². The molecule has 0 aliphatic heterocycles. The number of hydrogen-bond acceptors (Lipinski definition) is 5. The predicted molar refractivity (Wildman–Crippen MR) is 68.7 cm³/mol. The molecule has 1 aromatic carbocycles. The van der Waals surface area contributed by atoms with Crippen LogP contribution in [0.25, 0.3) is 0 Å². The quantitative estimate of drug-likeness (QED) is 0.756. The normalized spacial score (nSPS) is 10.1. The molecular weight excluding hydrogens is 246 g/mol. The van der Waals surface area contributed by atoms with Crippen molar-refractivity contribution in [1.29, 1.82) is 0 Å². The third-order valence-electron chi connectivity index (χ3n) is 2.49. The molecule has 7 heteroatoms. The van der Waals surface area contributed by atoms with E-state index in [1.165, 1.54) is 0 Å². The number of aromatic carboxylic acids is 1. The molecule has 0 radical (unpaired) electrons. The molecule has 0 saturated heterocycles. The highest BCUT2D eigenvalue weighted by Crippen LogP contribution is 2.07. The fourth-order valence-corrected chi connectivity index (χ4v) is 1.52. The van der Waals surface area contributed by atoms with Crippen LogP contribution in [0.15, 0.2) is 36.9 Å². The summed E-state index contributed by atoms with van der Waals surface area (Å²) in [6.45, 7) is 4.65. The number of aromatic nitrogens is 4. The van der Waals surface area contributed by atoms with Gasteiger partial charge in [0, 0.05) is 6.54 Å². The Balaban J connectivity index is 2.00. The van der Waals surface area contributed by atoms with E-state index >= 15 is 0 Å². The minimum atomic E-state index is -0.936. The van der Waals surface area contributed by atoms with Crippen molar-refractivity contribution in [2.24, 2.45) is 0 Å².